The van der Waals surface area contributed by atoms with Crippen molar-refractivity contribution in [1.82, 2.24) is 30.0 Å². The van der Waals surface area contributed by atoms with Crippen molar-refractivity contribution in [3.63, 3.8) is 0 Å². The smallest absolute Gasteiger partial charge is 0.0853 e. The minimum absolute atomic E-state index is 0.0962. The van der Waals surface area contributed by atoms with Gasteiger partial charge in [0.05, 0.1) is 29.6 Å². The van der Waals surface area contributed by atoms with E-state index in [1.165, 1.54) is 0 Å². The van der Waals surface area contributed by atoms with Gasteiger partial charge in [0.1, 0.15) is 0 Å². The molecule has 2 heterocycles. The molecule has 176 valence electrons. The van der Waals surface area contributed by atoms with Crippen molar-refractivity contribution in [3.05, 3.63) is 59.7 Å². The van der Waals surface area contributed by atoms with Crippen LogP contribution < -0.4 is 0 Å². The van der Waals surface area contributed by atoms with Crippen LogP contribution in [-0.2, 0) is 19.3 Å². The van der Waals surface area contributed by atoms with Gasteiger partial charge in [-0.25, -0.2) is 9.36 Å². The molecule has 2 aromatic heterocycles. The Kier molecular flexibility index (Phi) is 8.79. The van der Waals surface area contributed by atoms with Gasteiger partial charge in [-0.2, -0.15) is 0 Å². The lowest BCUT2D eigenvalue weighted by atomic mass is 9.99. The Morgan fingerprint density at radius 1 is 0.909 bits per heavy atom. The van der Waals surface area contributed by atoms with Crippen molar-refractivity contribution in [3.8, 4) is 12.3 Å². The fourth-order valence-electron chi connectivity index (χ4n) is 4.17. The van der Waals surface area contributed by atoms with Crippen molar-refractivity contribution < 1.29 is 5.11 Å². The van der Waals surface area contributed by atoms with Gasteiger partial charge in [0.2, 0.25) is 0 Å². The predicted octanol–water partition coefficient (Wildman–Crippen LogP) is 4.07. The molecule has 7 heteroatoms. The van der Waals surface area contributed by atoms with Gasteiger partial charge in [-0.3, -0.25) is 0 Å². The Bertz CT molecular complexity index is 1020. The molecule has 3 atom stereocenters. The van der Waals surface area contributed by atoms with E-state index in [4.69, 9.17) is 6.42 Å². The quantitative estimate of drug-likeness (QED) is 0.423. The molecule has 0 saturated carbocycles. The number of terminal acetylenes is 1. The first-order chi connectivity index (χ1) is 15.9. The average Bonchev–Trinajstić information content (AvgIpc) is 3.41. The Balaban J connectivity index is 1.66. The van der Waals surface area contributed by atoms with E-state index >= 15 is 0 Å². The number of aromatic nitrogens is 6. The van der Waals surface area contributed by atoms with E-state index < -0.39 is 6.10 Å². The van der Waals surface area contributed by atoms with Crippen LogP contribution in [0.3, 0.4) is 0 Å². The molecular formula is C26H36N6O. The monoisotopic (exact) mass is 448 g/mol. The van der Waals surface area contributed by atoms with Gasteiger partial charge in [0.15, 0.2) is 0 Å². The standard InChI is InChI=1S/C26H36N6O/c1-6-10-24(13-19(2)3)31-17-23(28-29-31)16-26(20(4)5)32-18-22(27-30-32)15-25(33)14-21-11-8-7-9-12-21/h1,7-9,11-12,17-20,24-26,33H,10,13-16H2,2-5H3/t24-,25-,26-/m1/s1. The zero-order chi connectivity index (χ0) is 23.8. The molecule has 0 aliphatic rings. The summed E-state index contributed by atoms with van der Waals surface area (Å²) < 4.78 is 3.82. The molecular weight excluding hydrogens is 412 g/mol. The maximum atomic E-state index is 10.5. The summed E-state index contributed by atoms with van der Waals surface area (Å²) in [6.45, 7) is 8.71. The van der Waals surface area contributed by atoms with Gasteiger partial charge in [0, 0.05) is 31.7 Å². The van der Waals surface area contributed by atoms with Crippen molar-refractivity contribution >= 4 is 0 Å². The number of rotatable bonds is 12. The van der Waals surface area contributed by atoms with E-state index in [9.17, 15) is 5.11 Å². The summed E-state index contributed by atoms with van der Waals surface area (Å²) in [5.41, 5.74) is 2.82. The zero-order valence-electron chi connectivity index (χ0n) is 20.2. The molecule has 0 bridgehead atoms. The maximum absolute atomic E-state index is 10.5. The molecule has 0 spiro atoms. The summed E-state index contributed by atoms with van der Waals surface area (Å²) in [6, 6.07) is 10.3. The van der Waals surface area contributed by atoms with Crippen LogP contribution in [0.5, 0.6) is 0 Å². The fraction of sp³-hybridized carbons (Fsp3) is 0.538. The third-order valence-electron chi connectivity index (χ3n) is 5.87. The molecule has 0 aliphatic heterocycles. The average molecular weight is 449 g/mol. The second-order valence-electron chi connectivity index (χ2n) is 9.63. The van der Waals surface area contributed by atoms with E-state index in [1.807, 2.05) is 52.1 Å². The van der Waals surface area contributed by atoms with Gasteiger partial charge in [-0.15, -0.1) is 22.5 Å². The Hall–Kier alpha value is -2.98. The number of benzene rings is 1. The lowest BCUT2D eigenvalue weighted by Gasteiger charge is -2.19. The van der Waals surface area contributed by atoms with Gasteiger partial charge < -0.3 is 5.11 Å². The van der Waals surface area contributed by atoms with Crippen molar-refractivity contribution in [2.75, 3.05) is 0 Å². The molecule has 3 rings (SSSR count). The highest BCUT2D eigenvalue weighted by atomic mass is 16.3. The van der Waals surface area contributed by atoms with Crippen LogP contribution in [-0.4, -0.2) is 41.2 Å². The van der Waals surface area contributed by atoms with Crippen LogP contribution in [0.25, 0.3) is 0 Å². The first-order valence-corrected chi connectivity index (χ1v) is 11.8. The van der Waals surface area contributed by atoms with E-state index in [1.54, 1.807) is 0 Å². The summed E-state index contributed by atoms with van der Waals surface area (Å²) in [4.78, 5) is 0. The molecule has 7 nitrogen and oxygen atoms in total. The second kappa shape index (κ2) is 11.8. The Morgan fingerprint density at radius 3 is 2.18 bits per heavy atom. The minimum Gasteiger partial charge on any atom is -0.392 e. The lowest BCUT2D eigenvalue weighted by molar-refractivity contribution is 0.174. The molecule has 1 N–H and O–H groups in total. The van der Waals surface area contributed by atoms with Crippen LogP contribution in [0.1, 0.15) is 69.6 Å². The normalized spacial score (nSPS) is 14.4. The number of aliphatic hydroxyl groups excluding tert-OH is 1. The molecule has 0 amide bonds. The zero-order valence-corrected chi connectivity index (χ0v) is 20.2. The summed E-state index contributed by atoms with van der Waals surface area (Å²) >= 11 is 0. The summed E-state index contributed by atoms with van der Waals surface area (Å²) in [7, 11) is 0. The first kappa shape index (κ1) is 24.7. The fourth-order valence-corrected chi connectivity index (χ4v) is 4.17. The topological polar surface area (TPSA) is 81.7 Å². The van der Waals surface area contributed by atoms with Crippen LogP contribution >= 0.6 is 0 Å². The Morgan fingerprint density at radius 2 is 1.55 bits per heavy atom. The third-order valence-corrected chi connectivity index (χ3v) is 5.87. The number of aliphatic hydroxyl groups is 1. The number of hydrogen-bond acceptors (Lipinski definition) is 5. The van der Waals surface area contributed by atoms with Gasteiger partial charge >= 0.3 is 0 Å². The van der Waals surface area contributed by atoms with E-state index in [0.29, 0.717) is 37.5 Å². The van der Waals surface area contributed by atoms with Crippen LogP contribution in [0.15, 0.2) is 42.7 Å². The van der Waals surface area contributed by atoms with Crippen LogP contribution in [0, 0.1) is 24.2 Å². The van der Waals surface area contributed by atoms with Crippen molar-refractivity contribution in [2.24, 2.45) is 11.8 Å². The molecule has 0 fully saturated rings. The number of nitrogens with zero attached hydrogens (tertiary/aromatic N) is 6. The van der Waals surface area contributed by atoms with Crippen LogP contribution in [0.4, 0.5) is 0 Å². The highest BCUT2D eigenvalue weighted by molar-refractivity contribution is 5.16. The highest BCUT2D eigenvalue weighted by Gasteiger charge is 2.22. The third kappa shape index (κ3) is 7.26. The maximum Gasteiger partial charge on any atom is 0.0853 e. The Labute approximate surface area is 197 Å². The SMILES string of the molecule is C#CC[C@H](CC(C)C)n1cc(C[C@H](C(C)C)n2cc(C[C@H](O)Cc3ccccc3)nn2)nn1. The van der Waals surface area contributed by atoms with Gasteiger partial charge in [-0.05, 0) is 30.2 Å². The molecule has 33 heavy (non-hydrogen) atoms. The van der Waals surface area contributed by atoms with Crippen molar-refractivity contribution in [2.45, 2.75) is 78.0 Å². The number of hydrogen-bond donors (Lipinski definition) is 1. The second-order valence-corrected chi connectivity index (χ2v) is 9.63. The van der Waals surface area contributed by atoms with Crippen LogP contribution in [0.2, 0.25) is 0 Å². The lowest BCUT2D eigenvalue weighted by Crippen LogP contribution is -2.19. The molecule has 0 radical (unpaired) electrons. The van der Waals surface area contributed by atoms with Gasteiger partial charge in [0.25, 0.3) is 0 Å². The van der Waals surface area contributed by atoms with Gasteiger partial charge in [-0.1, -0.05) is 68.5 Å². The van der Waals surface area contributed by atoms with Crippen molar-refractivity contribution in [1.29, 1.82) is 0 Å². The summed E-state index contributed by atoms with van der Waals surface area (Å²) in [5.74, 6) is 3.63. The van der Waals surface area contributed by atoms with E-state index in [-0.39, 0.29) is 12.1 Å². The van der Waals surface area contributed by atoms with E-state index in [0.717, 1.165) is 23.4 Å². The highest BCUT2D eigenvalue weighted by Crippen LogP contribution is 2.24. The minimum atomic E-state index is -0.496. The molecule has 0 unspecified atom stereocenters. The molecule has 1 aromatic carbocycles. The van der Waals surface area contributed by atoms with E-state index in [2.05, 4.69) is 54.2 Å². The predicted molar refractivity (Wildman–Crippen MR) is 129 cm³/mol. The molecule has 0 aliphatic carbocycles. The molecule has 3 aromatic rings. The first-order valence-electron chi connectivity index (χ1n) is 11.8. The molecule has 0 saturated heterocycles. The largest absolute Gasteiger partial charge is 0.392 e. The summed E-state index contributed by atoms with van der Waals surface area (Å²) in [6.07, 6.45) is 12.4. The summed E-state index contributed by atoms with van der Waals surface area (Å²) in [5, 5.41) is 28.0.